The van der Waals surface area contributed by atoms with Gasteiger partial charge in [0.25, 0.3) is 0 Å². The van der Waals surface area contributed by atoms with Crippen LogP contribution in [0.4, 0.5) is 0 Å². The number of phenolic OH excluding ortho intramolecular Hbond substituents is 14. The molecule has 8 atom stereocenters. The van der Waals surface area contributed by atoms with Gasteiger partial charge in [0, 0.05) is 69.6 Å². The SMILES string of the molecule is Oc1cc(O)c2c(c1)O[C@H](c1ccc(O)c(O)c1)[C@@H](O)[C@@H]2c1c(O)cc(O)c2c1O[C@H](c1cc(O)c(O)c(O)c1)[C@@H](O)[C@@H]2c1c(O)cc(O)c2c1O[C@H](c1cc(O)c(O)c(O)c1)[C@@H](O)C2. The van der Waals surface area contributed by atoms with E-state index >= 15 is 0 Å². The van der Waals surface area contributed by atoms with Gasteiger partial charge in [0.2, 0.25) is 0 Å². The van der Waals surface area contributed by atoms with Crippen LogP contribution in [0.25, 0.3) is 0 Å². The van der Waals surface area contributed by atoms with Gasteiger partial charge < -0.3 is 101 Å². The van der Waals surface area contributed by atoms with E-state index in [4.69, 9.17) is 14.2 Å². The minimum atomic E-state index is -2.06. The number of fused-ring (bicyclic) bond motifs is 3. The van der Waals surface area contributed by atoms with Crippen molar-refractivity contribution in [2.45, 2.75) is 54.9 Å². The fourth-order valence-electron chi connectivity index (χ4n) is 9.08. The maximum absolute atomic E-state index is 12.5. The van der Waals surface area contributed by atoms with Crippen LogP contribution in [0.5, 0.6) is 97.7 Å². The first-order chi connectivity index (χ1) is 30.7. The van der Waals surface area contributed by atoms with E-state index in [1.165, 1.54) is 6.07 Å². The molecule has 0 saturated heterocycles. The number of rotatable bonds is 5. The van der Waals surface area contributed by atoms with Gasteiger partial charge in [-0.15, -0.1) is 0 Å². The van der Waals surface area contributed by atoms with E-state index in [-0.39, 0.29) is 33.6 Å². The number of phenols is 14. The van der Waals surface area contributed by atoms with Crippen molar-refractivity contribution in [1.82, 2.24) is 0 Å². The minimum Gasteiger partial charge on any atom is -0.508 e. The van der Waals surface area contributed by atoms with Gasteiger partial charge in [-0.3, -0.25) is 0 Å². The quantitative estimate of drug-likeness (QED) is 0.109. The van der Waals surface area contributed by atoms with Crippen molar-refractivity contribution in [2.75, 3.05) is 0 Å². The zero-order valence-electron chi connectivity index (χ0n) is 33.0. The van der Waals surface area contributed by atoms with E-state index in [0.717, 1.165) is 60.7 Å². The summed E-state index contributed by atoms with van der Waals surface area (Å²) in [6, 6.07) is 10.8. The van der Waals surface area contributed by atoms with Crippen LogP contribution in [0, 0.1) is 0 Å². The van der Waals surface area contributed by atoms with Crippen molar-refractivity contribution in [3.8, 4) is 97.7 Å². The molecule has 0 saturated carbocycles. The Bertz CT molecular complexity index is 2900. The Kier molecular flexibility index (Phi) is 9.70. The molecule has 20 nitrogen and oxygen atoms in total. The van der Waals surface area contributed by atoms with Crippen LogP contribution < -0.4 is 14.2 Å². The highest BCUT2D eigenvalue weighted by atomic mass is 16.5. The molecule has 0 bridgehead atoms. The topological polar surface area (TPSA) is 372 Å². The Morgan fingerprint density at radius 1 is 0.369 bits per heavy atom. The van der Waals surface area contributed by atoms with Crippen LogP contribution >= 0.6 is 0 Å². The first-order valence-corrected chi connectivity index (χ1v) is 19.5. The van der Waals surface area contributed by atoms with E-state index in [0.29, 0.717) is 0 Å². The zero-order chi connectivity index (χ0) is 46.7. The fraction of sp³-hybridized carbons (Fsp3) is 0.200. The van der Waals surface area contributed by atoms with E-state index < -0.39 is 164 Å². The highest BCUT2D eigenvalue weighted by Gasteiger charge is 2.51. The largest absolute Gasteiger partial charge is 0.508 e. The summed E-state index contributed by atoms with van der Waals surface area (Å²) < 4.78 is 18.7. The Morgan fingerprint density at radius 2 is 0.815 bits per heavy atom. The molecule has 3 aliphatic heterocycles. The van der Waals surface area contributed by atoms with Crippen LogP contribution in [-0.2, 0) is 6.42 Å². The Balaban J connectivity index is 1.32. The Morgan fingerprint density at radius 3 is 1.37 bits per heavy atom. The average Bonchev–Trinajstić information content (AvgIpc) is 3.23. The van der Waals surface area contributed by atoms with Crippen LogP contribution in [0.1, 0.15) is 74.7 Å². The summed E-state index contributed by atoms with van der Waals surface area (Å²) in [5, 5.41) is 187. The van der Waals surface area contributed by atoms with Gasteiger partial charge >= 0.3 is 0 Å². The predicted octanol–water partition coefficient (Wildman–Crippen LogP) is 3.86. The Hall–Kier alpha value is -8.20. The second-order valence-corrected chi connectivity index (χ2v) is 16.0. The molecule has 3 heterocycles. The number of benzene rings is 6. The molecule has 0 unspecified atom stereocenters. The molecule has 9 rings (SSSR count). The molecule has 0 spiro atoms. The lowest BCUT2D eigenvalue weighted by molar-refractivity contribution is -0.00568. The average molecular weight is 899 g/mol. The number of aliphatic hydroxyl groups excluding tert-OH is 3. The molecule has 0 fully saturated rings. The van der Waals surface area contributed by atoms with E-state index in [9.17, 15) is 86.8 Å². The highest BCUT2D eigenvalue weighted by Crippen LogP contribution is 2.62. The van der Waals surface area contributed by atoms with Gasteiger partial charge in [-0.25, -0.2) is 0 Å². The molecular formula is C45H38O20. The first kappa shape index (κ1) is 42.1. The van der Waals surface area contributed by atoms with Gasteiger partial charge in [0.15, 0.2) is 64.3 Å². The van der Waals surface area contributed by atoms with E-state index in [2.05, 4.69) is 0 Å². The van der Waals surface area contributed by atoms with Crippen LogP contribution in [-0.4, -0.2) is 105 Å². The Labute approximate surface area is 364 Å². The van der Waals surface area contributed by atoms with Gasteiger partial charge in [0.05, 0.1) is 17.9 Å². The van der Waals surface area contributed by atoms with Crippen molar-refractivity contribution in [3.63, 3.8) is 0 Å². The molecule has 0 aromatic heterocycles. The second kappa shape index (κ2) is 15.0. The third-order valence-corrected chi connectivity index (χ3v) is 12.0. The van der Waals surface area contributed by atoms with Crippen molar-refractivity contribution in [2.24, 2.45) is 0 Å². The summed E-state index contributed by atoms with van der Waals surface area (Å²) in [5.74, 6) is -15.6. The smallest absolute Gasteiger partial charge is 0.200 e. The monoisotopic (exact) mass is 898 g/mol. The maximum Gasteiger partial charge on any atom is 0.200 e. The molecule has 65 heavy (non-hydrogen) atoms. The van der Waals surface area contributed by atoms with Gasteiger partial charge in [-0.05, 0) is 42.0 Å². The molecule has 338 valence electrons. The number of aromatic hydroxyl groups is 14. The molecule has 6 aromatic carbocycles. The van der Waals surface area contributed by atoms with Crippen molar-refractivity contribution in [1.29, 1.82) is 0 Å². The number of aliphatic hydroxyl groups is 3. The van der Waals surface area contributed by atoms with Crippen molar-refractivity contribution in [3.05, 3.63) is 111 Å². The molecule has 3 aliphatic rings. The zero-order valence-corrected chi connectivity index (χ0v) is 33.0. The molecule has 0 radical (unpaired) electrons. The fourth-order valence-corrected chi connectivity index (χ4v) is 9.08. The summed E-state index contributed by atoms with van der Waals surface area (Å²) >= 11 is 0. The summed E-state index contributed by atoms with van der Waals surface area (Å²) in [5.41, 5.74) is -2.13. The normalized spacial score (nSPS) is 23.2. The van der Waals surface area contributed by atoms with Crippen LogP contribution in [0.15, 0.2) is 66.7 Å². The van der Waals surface area contributed by atoms with Crippen LogP contribution in [0.3, 0.4) is 0 Å². The molecule has 20 heteroatoms. The molecule has 0 amide bonds. The van der Waals surface area contributed by atoms with Gasteiger partial charge in [0.1, 0.15) is 64.0 Å². The summed E-state index contributed by atoms with van der Waals surface area (Å²) in [4.78, 5) is 0. The lowest BCUT2D eigenvalue weighted by Crippen LogP contribution is -2.39. The molecule has 17 N–H and O–H groups in total. The summed E-state index contributed by atoms with van der Waals surface area (Å²) in [7, 11) is 0. The number of ether oxygens (including phenoxy) is 3. The molecular weight excluding hydrogens is 860 g/mol. The first-order valence-electron chi connectivity index (χ1n) is 19.5. The standard InChI is InChI=1S/C45H38O20/c46-16-8-21(50)31-30(9-16)63-42(13-1-2-18(47)20(49)3-13)39(61)35(31)33-23(52)12-24(53)34-36(40(62)43(65-45(33)34)15-6-27(56)38(60)28(57)7-15)32-22(51)11-19(48)17-10-29(58)41(64-44(17)32)14-4-25(54)37(59)26(55)5-14/h1-9,11-12,29,35-36,39-43,46-62H,10H2/t29-,35-,36+,39-,40-,41+,42+,43+/m0/s1. The third-order valence-electron chi connectivity index (χ3n) is 12.0. The molecule has 6 aromatic rings. The number of hydrogen-bond donors (Lipinski definition) is 17. The molecule has 0 aliphatic carbocycles. The predicted molar refractivity (Wildman–Crippen MR) is 217 cm³/mol. The van der Waals surface area contributed by atoms with Crippen molar-refractivity contribution < 1.29 is 101 Å². The van der Waals surface area contributed by atoms with E-state index in [1.807, 2.05) is 0 Å². The summed E-state index contributed by atoms with van der Waals surface area (Å²) in [6.45, 7) is 0. The number of hydrogen-bond acceptors (Lipinski definition) is 20. The summed E-state index contributed by atoms with van der Waals surface area (Å²) in [6.07, 6.45) is -10.9. The lowest BCUT2D eigenvalue weighted by Gasteiger charge is -2.43. The van der Waals surface area contributed by atoms with Crippen molar-refractivity contribution >= 4 is 0 Å². The van der Waals surface area contributed by atoms with Gasteiger partial charge in [-0.1, -0.05) is 6.07 Å². The third kappa shape index (κ3) is 6.57. The highest BCUT2D eigenvalue weighted by molar-refractivity contribution is 5.71. The van der Waals surface area contributed by atoms with E-state index in [1.54, 1.807) is 0 Å². The second-order valence-electron chi connectivity index (χ2n) is 16.0. The maximum atomic E-state index is 12.5. The van der Waals surface area contributed by atoms with Gasteiger partial charge in [-0.2, -0.15) is 0 Å². The lowest BCUT2D eigenvalue weighted by atomic mass is 9.73. The van der Waals surface area contributed by atoms with Crippen LogP contribution in [0.2, 0.25) is 0 Å². The minimum absolute atomic E-state index is 0.0327.